The van der Waals surface area contributed by atoms with Gasteiger partial charge in [0, 0.05) is 42.0 Å². The number of fused-ring (bicyclic) bond motifs is 4. The van der Waals surface area contributed by atoms with E-state index in [0.717, 1.165) is 4.47 Å². The van der Waals surface area contributed by atoms with Crippen LogP contribution < -0.4 is 10.6 Å². The molecule has 0 saturated carbocycles. The zero-order valence-corrected chi connectivity index (χ0v) is 17.2. The summed E-state index contributed by atoms with van der Waals surface area (Å²) in [5.74, 6) is -2.82. The number of benzene rings is 1. The van der Waals surface area contributed by atoms with Gasteiger partial charge >= 0.3 is 0 Å². The molecule has 5 atom stereocenters. The van der Waals surface area contributed by atoms with Gasteiger partial charge in [-0.2, -0.15) is 0 Å². The van der Waals surface area contributed by atoms with Crippen LogP contribution >= 0.6 is 15.9 Å². The summed E-state index contributed by atoms with van der Waals surface area (Å²) in [5.41, 5.74) is -0.164. The third kappa shape index (κ3) is 2.57. The number of hydrogen-bond donors (Lipinski definition) is 3. The Kier molecular flexibility index (Phi) is 4.81. The highest BCUT2D eigenvalue weighted by Crippen LogP contribution is 2.53. The van der Waals surface area contributed by atoms with E-state index < -0.39 is 29.5 Å². The number of aliphatic hydroxyl groups is 1. The van der Waals surface area contributed by atoms with Crippen molar-refractivity contribution in [1.82, 2.24) is 10.2 Å². The number of hydrogen-bond acceptors (Lipinski definition) is 6. The quantitative estimate of drug-likeness (QED) is 0.446. The van der Waals surface area contributed by atoms with E-state index in [1.165, 1.54) is 4.90 Å². The zero-order valence-electron chi connectivity index (χ0n) is 15.6. The van der Waals surface area contributed by atoms with Crippen molar-refractivity contribution in [3.63, 3.8) is 0 Å². The summed E-state index contributed by atoms with van der Waals surface area (Å²) in [7, 11) is 1.56. The van der Waals surface area contributed by atoms with E-state index in [2.05, 4.69) is 26.6 Å². The van der Waals surface area contributed by atoms with Crippen LogP contribution in [0, 0.1) is 11.8 Å². The van der Waals surface area contributed by atoms with Crippen molar-refractivity contribution in [3.8, 4) is 0 Å². The molecule has 0 aromatic heterocycles. The van der Waals surface area contributed by atoms with Crippen LogP contribution in [0.2, 0.25) is 0 Å². The largest absolute Gasteiger partial charge is 0.392 e. The van der Waals surface area contributed by atoms with E-state index in [1.54, 1.807) is 32.2 Å². The number of nitrogens with zero attached hydrogens (tertiary/aromatic N) is 1. The summed E-state index contributed by atoms with van der Waals surface area (Å²) < 4.78 is 5.78. The fraction of sp³-hybridized carbons (Fsp3) is 0.526. The molecule has 3 aliphatic heterocycles. The third-order valence-electron chi connectivity index (χ3n) is 5.95. The minimum atomic E-state index is -1.38. The van der Waals surface area contributed by atoms with E-state index in [1.807, 2.05) is 0 Å². The number of amides is 3. The van der Waals surface area contributed by atoms with Gasteiger partial charge in [-0.15, -0.1) is 0 Å². The molecule has 3 aliphatic rings. The van der Waals surface area contributed by atoms with Crippen LogP contribution in [0.25, 0.3) is 0 Å². The third-order valence-corrected chi connectivity index (χ3v) is 6.45. The number of ether oxygens (including phenoxy) is 1. The molecule has 4 rings (SSSR count). The number of aliphatic hydroxyl groups excluding tert-OH is 1. The molecule has 150 valence electrons. The molecule has 0 aliphatic carbocycles. The SMILES string of the molecule is COCCCN1C(=O)C2C(C(C)O)NC3(C(=O)Nc4ccc(Br)cc43)C2C1=O. The van der Waals surface area contributed by atoms with Gasteiger partial charge in [0.1, 0.15) is 5.54 Å². The van der Waals surface area contributed by atoms with Crippen LogP contribution in [0.3, 0.4) is 0 Å². The minimum absolute atomic E-state index is 0.230. The Hall–Kier alpha value is -1.81. The highest BCUT2D eigenvalue weighted by molar-refractivity contribution is 9.10. The fourth-order valence-corrected chi connectivity index (χ4v) is 5.13. The van der Waals surface area contributed by atoms with Crippen molar-refractivity contribution in [2.45, 2.75) is 31.0 Å². The van der Waals surface area contributed by atoms with Crippen LogP contribution in [0.5, 0.6) is 0 Å². The number of imide groups is 1. The summed E-state index contributed by atoms with van der Waals surface area (Å²) >= 11 is 3.42. The summed E-state index contributed by atoms with van der Waals surface area (Å²) in [6.45, 7) is 2.22. The van der Waals surface area contributed by atoms with Gasteiger partial charge in [-0.1, -0.05) is 15.9 Å². The number of anilines is 1. The lowest BCUT2D eigenvalue weighted by Gasteiger charge is -2.30. The first-order valence-corrected chi connectivity index (χ1v) is 10.0. The van der Waals surface area contributed by atoms with Gasteiger partial charge < -0.3 is 15.2 Å². The molecule has 3 amide bonds. The second-order valence-electron chi connectivity index (χ2n) is 7.54. The van der Waals surface area contributed by atoms with Crippen LogP contribution in [0.15, 0.2) is 22.7 Å². The lowest BCUT2D eigenvalue weighted by molar-refractivity contribution is -0.143. The highest BCUT2D eigenvalue weighted by Gasteiger charge is 2.70. The number of rotatable bonds is 5. The first-order valence-electron chi connectivity index (χ1n) is 9.24. The topological polar surface area (TPSA) is 108 Å². The Balaban J connectivity index is 1.81. The van der Waals surface area contributed by atoms with E-state index in [-0.39, 0.29) is 24.3 Å². The zero-order chi connectivity index (χ0) is 20.2. The van der Waals surface area contributed by atoms with Gasteiger partial charge in [-0.3, -0.25) is 24.6 Å². The minimum Gasteiger partial charge on any atom is -0.392 e. The maximum atomic E-state index is 13.3. The molecule has 8 nitrogen and oxygen atoms in total. The Morgan fingerprint density at radius 2 is 2.07 bits per heavy atom. The van der Waals surface area contributed by atoms with Gasteiger partial charge in [0.25, 0.3) is 0 Å². The molecular weight excluding hydrogens is 430 g/mol. The molecule has 1 aromatic rings. The van der Waals surface area contributed by atoms with Gasteiger partial charge in [0.15, 0.2) is 0 Å². The smallest absolute Gasteiger partial charge is 0.250 e. The number of nitrogens with one attached hydrogen (secondary N) is 2. The van der Waals surface area contributed by atoms with E-state index in [4.69, 9.17) is 4.74 Å². The van der Waals surface area contributed by atoms with Gasteiger partial charge in [-0.25, -0.2) is 0 Å². The number of carbonyl (C=O) groups is 3. The van der Waals surface area contributed by atoms with Gasteiger partial charge in [-0.05, 0) is 31.5 Å². The maximum absolute atomic E-state index is 13.3. The predicted octanol–water partition coefficient (Wildman–Crippen LogP) is 0.587. The first kappa shape index (κ1) is 19.5. The molecule has 1 spiro atoms. The number of likely N-dealkylation sites (tertiary alicyclic amines) is 1. The molecule has 28 heavy (non-hydrogen) atoms. The van der Waals surface area contributed by atoms with Crippen molar-refractivity contribution >= 4 is 39.3 Å². The average Bonchev–Trinajstić information content (AvgIpc) is 3.23. The Bertz CT molecular complexity index is 860. The molecule has 3 N–H and O–H groups in total. The highest BCUT2D eigenvalue weighted by atomic mass is 79.9. The Morgan fingerprint density at radius 3 is 2.75 bits per heavy atom. The Morgan fingerprint density at radius 1 is 1.32 bits per heavy atom. The van der Waals surface area contributed by atoms with E-state index >= 15 is 0 Å². The fourth-order valence-electron chi connectivity index (χ4n) is 4.77. The molecule has 0 radical (unpaired) electrons. The van der Waals surface area contributed by atoms with Crippen molar-refractivity contribution in [3.05, 3.63) is 28.2 Å². The summed E-state index contributed by atoms with van der Waals surface area (Å²) in [6, 6.07) is 4.64. The van der Waals surface area contributed by atoms with Gasteiger partial charge in [0.05, 0.1) is 17.9 Å². The number of halogens is 1. The van der Waals surface area contributed by atoms with Crippen LogP contribution in [0.1, 0.15) is 18.9 Å². The Labute approximate surface area is 170 Å². The monoisotopic (exact) mass is 451 g/mol. The second kappa shape index (κ2) is 6.91. The van der Waals surface area contributed by atoms with Crippen molar-refractivity contribution in [2.24, 2.45) is 11.8 Å². The first-order chi connectivity index (χ1) is 13.3. The van der Waals surface area contributed by atoms with Crippen LogP contribution in [-0.2, 0) is 24.7 Å². The maximum Gasteiger partial charge on any atom is 0.250 e. The predicted molar refractivity (Wildman–Crippen MR) is 103 cm³/mol. The summed E-state index contributed by atoms with van der Waals surface area (Å²) in [5, 5.41) is 16.3. The van der Waals surface area contributed by atoms with Crippen LogP contribution in [-0.4, -0.2) is 60.1 Å². The standard InChI is InChI=1S/C19H22BrN3O5/c1-9(24)15-13-14(17(26)23(16(13)25)6-3-7-28-2)19(22-15)11-8-10(20)4-5-12(11)21-18(19)27/h4-5,8-9,13-15,22,24H,3,6-7H2,1-2H3,(H,21,27). The molecule has 9 heteroatoms. The molecule has 3 heterocycles. The second-order valence-corrected chi connectivity index (χ2v) is 8.46. The van der Waals surface area contributed by atoms with E-state index in [9.17, 15) is 19.5 Å². The summed E-state index contributed by atoms with van der Waals surface area (Å²) in [6.07, 6.45) is -0.395. The number of carbonyl (C=O) groups excluding carboxylic acids is 3. The normalized spacial score (nSPS) is 32.1. The van der Waals surface area contributed by atoms with Crippen molar-refractivity contribution in [1.29, 1.82) is 0 Å². The van der Waals surface area contributed by atoms with Crippen molar-refractivity contribution < 1.29 is 24.2 Å². The van der Waals surface area contributed by atoms with E-state index in [0.29, 0.717) is 24.3 Å². The molecule has 2 saturated heterocycles. The molecule has 2 fully saturated rings. The summed E-state index contributed by atoms with van der Waals surface area (Å²) in [4.78, 5) is 40.8. The average molecular weight is 452 g/mol. The molecule has 0 bridgehead atoms. The van der Waals surface area contributed by atoms with Crippen LogP contribution in [0.4, 0.5) is 5.69 Å². The molecule has 5 unspecified atom stereocenters. The number of methoxy groups -OCH3 is 1. The lowest BCUT2D eigenvalue weighted by Crippen LogP contribution is -2.54. The lowest BCUT2D eigenvalue weighted by atomic mass is 9.76. The van der Waals surface area contributed by atoms with Gasteiger partial charge in [0.2, 0.25) is 17.7 Å². The molecular formula is C19H22BrN3O5. The van der Waals surface area contributed by atoms with Crippen molar-refractivity contribution in [2.75, 3.05) is 25.6 Å². The molecule has 1 aromatic carbocycles.